The van der Waals surface area contributed by atoms with Crippen LogP contribution in [0.2, 0.25) is 0 Å². The van der Waals surface area contributed by atoms with E-state index in [-0.39, 0.29) is 6.04 Å². The van der Waals surface area contributed by atoms with Crippen molar-refractivity contribution in [3.63, 3.8) is 0 Å². The van der Waals surface area contributed by atoms with Gasteiger partial charge in [-0.3, -0.25) is 0 Å². The summed E-state index contributed by atoms with van der Waals surface area (Å²) in [6.45, 7) is 3.00. The largest absolute Gasteiger partial charge is 0.472 e. The molecule has 19 heavy (non-hydrogen) atoms. The van der Waals surface area contributed by atoms with Gasteiger partial charge in [0.2, 0.25) is 0 Å². The Bertz CT molecular complexity index is 653. The Hall–Kier alpha value is -2.06. The van der Waals surface area contributed by atoms with Gasteiger partial charge in [-0.05, 0) is 29.3 Å². The molecule has 0 aliphatic heterocycles. The van der Waals surface area contributed by atoms with Gasteiger partial charge in [-0.15, -0.1) is 0 Å². The summed E-state index contributed by atoms with van der Waals surface area (Å²) >= 11 is 0. The molecule has 0 bridgehead atoms. The number of nitrogens with one attached hydrogen (secondary N) is 1. The molecule has 0 saturated heterocycles. The van der Waals surface area contributed by atoms with Crippen LogP contribution in [0.15, 0.2) is 65.5 Å². The topological polar surface area (TPSA) is 25.2 Å². The van der Waals surface area contributed by atoms with Gasteiger partial charge in [-0.25, -0.2) is 0 Å². The fourth-order valence-corrected chi connectivity index (χ4v) is 2.35. The second kappa shape index (κ2) is 5.29. The zero-order valence-corrected chi connectivity index (χ0v) is 11.0. The normalized spacial score (nSPS) is 12.7. The number of hydrogen-bond acceptors (Lipinski definition) is 2. The van der Waals surface area contributed by atoms with Crippen molar-refractivity contribution in [2.24, 2.45) is 0 Å². The summed E-state index contributed by atoms with van der Waals surface area (Å²) in [4.78, 5) is 0. The summed E-state index contributed by atoms with van der Waals surface area (Å²) in [6, 6.07) is 17.2. The van der Waals surface area contributed by atoms with Gasteiger partial charge < -0.3 is 9.73 Å². The summed E-state index contributed by atoms with van der Waals surface area (Å²) in [5.74, 6) is 0. The Kier molecular flexibility index (Phi) is 3.34. The summed E-state index contributed by atoms with van der Waals surface area (Å²) in [5.41, 5.74) is 2.51. The molecule has 0 amide bonds. The molecule has 3 aromatic rings. The van der Waals surface area contributed by atoms with Crippen LogP contribution in [-0.2, 0) is 6.54 Å². The quantitative estimate of drug-likeness (QED) is 0.748. The van der Waals surface area contributed by atoms with E-state index >= 15 is 0 Å². The van der Waals surface area contributed by atoms with E-state index in [1.54, 1.807) is 12.5 Å². The first kappa shape index (κ1) is 12.0. The monoisotopic (exact) mass is 251 g/mol. The minimum absolute atomic E-state index is 0.290. The average molecular weight is 251 g/mol. The highest BCUT2D eigenvalue weighted by Crippen LogP contribution is 2.20. The SMILES string of the molecule is CC(NCc1cccc2ccccc12)c1ccoc1. The van der Waals surface area contributed by atoms with Crippen molar-refractivity contribution in [2.45, 2.75) is 19.5 Å². The highest BCUT2D eigenvalue weighted by Gasteiger charge is 2.07. The highest BCUT2D eigenvalue weighted by molar-refractivity contribution is 5.85. The maximum atomic E-state index is 5.12. The number of furan rings is 1. The number of benzene rings is 2. The summed E-state index contributed by atoms with van der Waals surface area (Å²) in [6.07, 6.45) is 3.51. The van der Waals surface area contributed by atoms with Gasteiger partial charge >= 0.3 is 0 Å². The van der Waals surface area contributed by atoms with E-state index in [4.69, 9.17) is 4.42 Å². The van der Waals surface area contributed by atoms with E-state index in [1.807, 2.05) is 6.07 Å². The maximum Gasteiger partial charge on any atom is 0.0950 e. The van der Waals surface area contributed by atoms with E-state index in [0.29, 0.717) is 0 Å². The zero-order chi connectivity index (χ0) is 13.1. The van der Waals surface area contributed by atoms with Gasteiger partial charge in [0.1, 0.15) is 0 Å². The lowest BCUT2D eigenvalue weighted by Crippen LogP contribution is -2.17. The first-order chi connectivity index (χ1) is 9.34. The van der Waals surface area contributed by atoms with Crippen LogP contribution >= 0.6 is 0 Å². The number of fused-ring (bicyclic) bond motifs is 1. The van der Waals surface area contributed by atoms with E-state index in [1.165, 1.54) is 21.9 Å². The van der Waals surface area contributed by atoms with Crippen molar-refractivity contribution in [1.29, 1.82) is 0 Å². The molecule has 0 spiro atoms. The lowest BCUT2D eigenvalue weighted by atomic mass is 10.0. The zero-order valence-electron chi connectivity index (χ0n) is 11.0. The summed E-state index contributed by atoms with van der Waals surface area (Å²) in [7, 11) is 0. The molecule has 1 N–H and O–H groups in total. The molecule has 1 aromatic heterocycles. The molecule has 1 atom stereocenters. The van der Waals surface area contributed by atoms with E-state index in [9.17, 15) is 0 Å². The van der Waals surface area contributed by atoms with Gasteiger partial charge in [-0.1, -0.05) is 42.5 Å². The third kappa shape index (κ3) is 2.54. The van der Waals surface area contributed by atoms with Gasteiger partial charge in [-0.2, -0.15) is 0 Å². The third-order valence-corrected chi connectivity index (χ3v) is 3.52. The van der Waals surface area contributed by atoms with Crippen LogP contribution < -0.4 is 5.32 Å². The van der Waals surface area contributed by atoms with Crippen molar-refractivity contribution < 1.29 is 4.42 Å². The number of rotatable bonds is 4. The molecule has 0 aliphatic carbocycles. The lowest BCUT2D eigenvalue weighted by molar-refractivity contribution is 0.539. The Balaban J connectivity index is 1.79. The molecule has 96 valence electrons. The van der Waals surface area contributed by atoms with Crippen molar-refractivity contribution in [2.75, 3.05) is 0 Å². The average Bonchev–Trinajstić information content (AvgIpc) is 2.99. The summed E-state index contributed by atoms with van der Waals surface area (Å²) < 4.78 is 5.12. The molecular weight excluding hydrogens is 234 g/mol. The van der Waals surface area contributed by atoms with Gasteiger partial charge in [0.15, 0.2) is 0 Å². The first-order valence-electron chi connectivity index (χ1n) is 6.57. The molecule has 2 aromatic carbocycles. The standard InChI is InChI=1S/C17H17NO/c1-13(16-9-10-19-12-16)18-11-15-7-4-6-14-5-2-3-8-17(14)15/h2-10,12-13,18H,11H2,1H3. The Morgan fingerprint density at radius 2 is 1.89 bits per heavy atom. The maximum absolute atomic E-state index is 5.12. The number of hydrogen-bond donors (Lipinski definition) is 1. The molecule has 0 radical (unpaired) electrons. The molecule has 3 rings (SSSR count). The third-order valence-electron chi connectivity index (χ3n) is 3.52. The molecule has 0 aliphatic rings. The van der Waals surface area contributed by atoms with Crippen LogP contribution in [-0.4, -0.2) is 0 Å². The molecule has 0 fully saturated rings. The predicted octanol–water partition coefficient (Wildman–Crippen LogP) is 4.28. The molecule has 2 nitrogen and oxygen atoms in total. The van der Waals surface area contributed by atoms with E-state index in [2.05, 4.69) is 54.7 Å². The van der Waals surface area contributed by atoms with Crippen LogP contribution in [0.4, 0.5) is 0 Å². The van der Waals surface area contributed by atoms with Crippen LogP contribution in [0.25, 0.3) is 10.8 Å². The Labute approximate surface area is 113 Å². The van der Waals surface area contributed by atoms with Gasteiger partial charge in [0.25, 0.3) is 0 Å². The molecular formula is C17H17NO. The molecule has 0 saturated carbocycles. The van der Waals surface area contributed by atoms with Gasteiger partial charge in [0.05, 0.1) is 12.5 Å². The second-order valence-corrected chi connectivity index (χ2v) is 4.80. The van der Waals surface area contributed by atoms with Gasteiger partial charge in [0, 0.05) is 18.2 Å². The predicted molar refractivity (Wildman–Crippen MR) is 77.9 cm³/mol. The second-order valence-electron chi connectivity index (χ2n) is 4.80. The highest BCUT2D eigenvalue weighted by atomic mass is 16.3. The fourth-order valence-electron chi connectivity index (χ4n) is 2.35. The van der Waals surface area contributed by atoms with Crippen molar-refractivity contribution in [1.82, 2.24) is 5.32 Å². The van der Waals surface area contributed by atoms with Crippen molar-refractivity contribution >= 4 is 10.8 Å². The Morgan fingerprint density at radius 3 is 2.74 bits per heavy atom. The smallest absolute Gasteiger partial charge is 0.0950 e. The molecule has 2 heteroatoms. The van der Waals surface area contributed by atoms with E-state index in [0.717, 1.165) is 6.54 Å². The lowest BCUT2D eigenvalue weighted by Gasteiger charge is -2.13. The van der Waals surface area contributed by atoms with Crippen LogP contribution in [0.5, 0.6) is 0 Å². The molecule has 1 unspecified atom stereocenters. The first-order valence-corrected chi connectivity index (χ1v) is 6.57. The van der Waals surface area contributed by atoms with Crippen molar-refractivity contribution in [3.05, 3.63) is 72.2 Å². The van der Waals surface area contributed by atoms with E-state index < -0.39 is 0 Å². The van der Waals surface area contributed by atoms with Crippen molar-refractivity contribution in [3.8, 4) is 0 Å². The fraction of sp³-hybridized carbons (Fsp3) is 0.176. The summed E-state index contributed by atoms with van der Waals surface area (Å²) in [5, 5.41) is 6.14. The van der Waals surface area contributed by atoms with Crippen LogP contribution in [0.3, 0.4) is 0 Å². The van der Waals surface area contributed by atoms with Crippen LogP contribution in [0, 0.1) is 0 Å². The minimum Gasteiger partial charge on any atom is -0.472 e. The minimum atomic E-state index is 0.290. The molecule has 1 heterocycles. The van der Waals surface area contributed by atoms with Crippen LogP contribution in [0.1, 0.15) is 24.1 Å². The Morgan fingerprint density at radius 1 is 1.05 bits per heavy atom.